The molecule has 1 atom stereocenters. The molecule has 0 fully saturated rings. The van der Waals surface area contributed by atoms with Gasteiger partial charge in [-0.1, -0.05) is 0 Å². The molecule has 0 aromatic heterocycles. The van der Waals surface area contributed by atoms with Crippen molar-refractivity contribution in [1.29, 1.82) is 0 Å². The molecule has 1 unspecified atom stereocenters. The molecule has 1 heterocycles. The molecule has 0 spiro atoms. The summed E-state index contributed by atoms with van der Waals surface area (Å²) in [5.41, 5.74) is 6.39. The van der Waals surface area contributed by atoms with Crippen LogP contribution < -0.4 is 10.5 Å². The van der Waals surface area contributed by atoms with E-state index in [0.29, 0.717) is 12.4 Å². The van der Waals surface area contributed by atoms with Gasteiger partial charge in [0, 0.05) is 5.56 Å². The summed E-state index contributed by atoms with van der Waals surface area (Å²) in [5.74, 6) is -0.0919. The first-order chi connectivity index (χ1) is 5.70. The third-order valence-electron chi connectivity index (χ3n) is 1.95. The standard InChI is InChI=1S/C8H9NO3/c9-5-3-12-8-4(5)1-2-6(10)7(8)11/h1-2,5,10-11H,3,9H2. The molecule has 0 aliphatic carbocycles. The van der Waals surface area contributed by atoms with Crippen LogP contribution in [0.25, 0.3) is 0 Å². The maximum atomic E-state index is 9.31. The summed E-state index contributed by atoms with van der Waals surface area (Å²) in [7, 11) is 0. The van der Waals surface area contributed by atoms with Crippen molar-refractivity contribution in [2.24, 2.45) is 5.73 Å². The molecule has 64 valence electrons. The molecule has 12 heavy (non-hydrogen) atoms. The van der Waals surface area contributed by atoms with Crippen molar-refractivity contribution in [1.82, 2.24) is 0 Å². The first-order valence-corrected chi connectivity index (χ1v) is 3.63. The molecule has 1 aromatic carbocycles. The Labute approximate surface area is 69.2 Å². The van der Waals surface area contributed by atoms with Gasteiger partial charge in [-0.2, -0.15) is 0 Å². The number of phenols is 2. The lowest BCUT2D eigenvalue weighted by Gasteiger charge is -2.03. The molecule has 1 aromatic rings. The van der Waals surface area contributed by atoms with Gasteiger partial charge in [-0.3, -0.25) is 0 Å². The Balaban J connectivity index is 2.60. The van der Waals surface area contributed by atoms with Crippen molar-refractivity contribution in [3.63, 3.8) is 0 Å². The lowest BCUT2D eigenvalue weighted by atomic mass is 10.1. The highest BCUT2D eigenvalue weighted by Crippen LogP contribution is 2.43. The van der Waals surface area contributed by atoms with Gasteiger partial charge >= 0.3 is 0 Å². The van der Waals surface area contributed by atoms with Crippen LogP contribution in [0.5, 0.6) is 17.2 Å². The predicted molar refractivity (Wildman–Crippen MR) is 42.2 cm³/mol. The van der Waals surface area contributed by atoms with Crippen LogP contribution in [0.15, 0.2) is 12.1 Å². The van der Waals surface area contributed by atoms with Crippen LogP contribution in [0.3, 0.4) is 0 Å². The summed E-state index contributed by atoms with van der Waals surface area (Å²) < 4.78 is 5.09. The fourth-order valence-electron chi connectivity index (χ4n) is 1.28. The van der Waals surface area contributed by atoms with Crippen molar-refractivity contribution < 1.29 is 14.9 Å². The molecule has 0 radical (unpaired) electrons. The van der Waals surface area contributed by atoms with Gasteiger partial charge in [0.15, 0.2) is 11.5 Å². The number of aromatic hydroxyl groups is 2. The molecule has 0 saturated carbocycles. The monoisotopic (exact) mass is 167 g/mol. The zero-order valence-electron chi connectivity index (χ0n) is 6.32. The van der Waals surface area contributed by atoms with Crippen molar-refractivity contribution in [3.05, 3.63) is 17.7 Å². The minimum atomic E-state index is -0.222. The lowest BCUT2D eigenvalue weighted by Crippen LogP contribution is -2.10. The van der Waals surface area contributed by atoms with E-state index < -0.39 is 0 Å². The van der Waals surface area contributed by atoms with E-state index in [1.165, 1.54) is 6.07 Å². The van der Waals surface area contributed by atoms with Crippen LogP contribution in [0.2, 0.25) is 0 Å². The summed E-state index contributed by atoms with van der Waals surface area (Å²) >= 11 is 0. The van der Waals surface area contributed by atoms with E-state index in [1.807, 2.05) is 0 Å². The maximum Gasteiger partial charge on any atom is 0.200 e. The first-order valence-electron chi connectivity index (χ1n) is 3.63. The number of rotatable bonds is 0. The van der Waals surface area contributed by atoms with Gasteiger partial charge in [0.05, 0.1) is 6.04 Å². The molecule has 0 saturated heterocycles. The summed E-state index contributed by atoms with van der Waals surface area (Å²) in [6, 6.07) is 2.86. The fourth-order valence-corrected chi connectivity index (χ4v) is 1.28. The molecule has 4 N–H and O–H groups in total. The van der Waals surface area contributed by atoms with E-state index in [0.717, 1.165) is 5.56 Å². The minimum Gasteiger partial charge on any atom is -0.504 e. The molecule has 1 aliphatic rings. The maximum absolute atomic E-state index is 9.31. The van der Waals surface area contributed by atoms with Crippen LogP contribution in [-0.4, -0.2) is 16.8 Å². The topological polar surface area (TPSA) is 75.7 Å². The lowest BCUT2D eigenvalue weighted by molar-refractivity contribution is 0.310. The third-order valence-corrected chi connectivity index (χ3v) is 1.95. The van der Waals surface area contributed by atoms with Gasteiger partial charge < -0.3 is 20.7 Å². The SMILES string of the molecule is NC1COc2c1ccc(O)c2O. The van der Waals surface area contributed by atoms with E-state index in [4.69, 9.17) is 15.6 Å². The molecule has 2 rings (SSSR count). The van der Waals surface area contributed by atoms with E-state index in [-0.39, 0.29) is 17.5 Å². The third kappa shape index (κ3) is 0.816. The van der Waals surface area contributed by atoms with Crippen molar-refractivity contribution in [2.45, 2.75) is 6.04 Å². The van der Waals surface area contributed by atoms with Crippen LogP contribution in [0, 0.1) is 0 Å². The molecular weight excluding hydrogens is 158 g/mol. The Bertz CT molecular complexity index is 324. The van der Waals surface area contributed by atoms with Crippen molar-refractivity contribution in [3.8, 4) is 17.2 Å². The fraction of sp³-hybridized carbons (Fsp3) is 0.250. The Hall–Kier alpha value is -1.42. The number of benzene rings is 1. The van der Waals surface area contributed by atoms with E-state index in [2.05, 4.69) is 0 Å². The van der Waals surface area contributed by atoms with Gasteiger partial charge in [0.25, 0.3) is 0 Å². The van der Waals surface area contributed by atoms with Crippen molar-refractivity contribution in [2.75, 3.05) is 6.61 Å². The van der Waals surface area contributed by atoms with E-state index in [9.17, 15) is 5.11 Å². The summed E-state index contributed by atoms with van der Waals surface area (Å²) in [6.45, 7) is 0.354. The summed E-state index contributed by atoms with van der Waals surface area (Å²) in [4.78, 5) is 0. The molecule has 1 aliphatic heterocycles. The average molecular weight is 167 g/mol. The van der Waals surface area contributed by atoms with E-state index in [1.54, 1.807) is 6.07 Å². The highest BCUT2D eigenvalue weighted by atomic mass is 16.5. The zero-order valence-corrected chi connectivity index (χ0v) is 6.32. The summed E-state index contributed by atoms with van der Waals surface area (Å²) in [5, 5.41) is 18.4. The summed E-state index contributed by atoms with van der Waals surface area (Å²) in [6.07, 6.45) is 0. The smallest absolute Gasteiger partial charge is 0.200 e. The molecule has 0 amide bonds. The quantitative estimate of drug-likeness (QED) is 0.491. The molecular formula is C8H9NO3. The second kappa shape index (κ2) is 2.28. The van der Waals surface area contributed by atoms with Gasteiger partial charge in [-0.15, -0.1) is 0 Å². The number of phenolic OH excluding ortho intramolecular Hbond substituents is 2. The zero-order chi connectivity index (χ0) is 8.72. The Morgan fingerprint density at radius 2 is 2.17 bits per heavy atom. The largest absolute Gasteiger partial charge is 0.504 e. The number of hydrogen-bond acceptors (Lipinski definition) is 4. The van der Waals surface area contributed by atoms with E-state index >= 15 is 0 Å². The molecule has 4 heteroatoms. The predicted octanol–water partition coefficient (Wildman–Crippen LogP) is 0.490. The highest BCUT2D eigenvalue weighted by molar-refractivity contribution is 5.56. The second-order valence-corrected chi connectivity index (χ2v) is 2.77. The average Bonchev–Trinajstić information content (AvgIpc) is 2.41. The number of hydrogen-bond donors (Lipinski definition) is 3. The Morgan fingerprint density at radius 1 is 1.42 bits per heavy atom. The number of ether oxygens (including phenoxy) is 1. The van der Waals surface area contributed by atoms with Crippen LogP contribution in [0.4, 0.5) is 0 Å². The van der Waals surface area contributed by atoms with Gasteiger partial charge in [0.2, 0.25) is 5.75 Å². The highest BCUT2D eigenvalue weighted by Gasteiger charge is 2.25. The van der Waals surface area contributed by atoms with Crippen LogP contribution >= 0.6 is 0 Å². The molecule has 4 nitrogen and oxygen atoms in total. The second-order valence-electron chi connectivity index (χ2n) is 2.77. The Kier molecular flexibility index (Phi) is 1.38. The van der Waals surface area contributed by atoms with Gasteiger partial charge in [0.1, 0.15) is 6.61 Å². The number of nitrogens with two attached hydrogens (primary N) is 1. The first kappa shape index (κ1) is 7.24. The van der Waals surface area contributed by atoms with Crippen molar-refractivity contribution >= 4 is 0 Å². The van der Waals surface area contributed by atoms with Gasteiger partial charge in [-0.05, 0) is 12.1 Å². The Morgan fingerprint density at radius 3 is 2.92 bits per heavy atom. The van der Waals surface area contributed by atoms with Crippen LogP contribution in [0.1, 0.15) is 11.6 Å². The normalized spacial score (nSPS) is 20.2. The minimum absolute atomic E-state index is 0.178. The van der Waals surface area contributed by atoms with Crippen LogP contribution in [-0.2, 0) is 0 Å². The van der Waals surface area contributed by atoms with Gasteiger partial charge in [-0.25, -0.2) is 0 Å². The molecule has 0 bridgehead atoms. The number of fused-ring (bicyclic) bond motifs is 1.